The van der Waals surface area contributed by atoms with E-state index in [1.807, 2.05) is 26.1 Å². The van der Waals surface area contributed by atoms with Crippen LogP contribution in [0.15, 0.2) is 55.5 Å². The number of aryl methyl sites for hydroxylation is 1. The Morgan fingerprint density at radius 2 is 1.97 bits per heavy atom. The average Bonchev–Trinajstić information content (AvgIpc) is 3.27. The molecule has 188 valence electrons. The quantitative estimate of drug-likeness (QED) is 0.290. The van der Waals surface area contributed by atoms with E-state index in [1.54, 1.807) is 41.3 Å². The summed E-state index contributed by atoms with van der Waals surface area (Å²) >= 11 is 0. The average molecular weight is 500 g/mol. The summed E-state index contributed by atoms with van der Waals surface area (Å²) in [6.45, 7) is 4.32. The summed E-state index contributed by atoms with van der Waals surface area (Å²) in [7, 11) is 1.47. The van der Waals surface area contributed by atoms with Crippen LogP contribution < -0.4 is 25.8 Å². The van der Waals surface area contributed by atoms with Crippen LogP contribution in [-0.4, -0.2) is 54.9 Å². The number of fused-ring (bicyclic) bond motifs is 2. The number of carbonyl (C=O) groups excluding carboxylic acids is 1. The molecular formula is C25H25N9O3. The molecule has 0 aliphatic heterocycles. The second-order valence-corrected chi connectivity index (χ2v) is 8.47. The number of benzene rings is 1. The van der Waals surface area contributed by atoms with Gasteiger partial charge in [0, 0.05) is 48.3 Å². The first-order valence-corrected chi connectivity index (χ1v) is 11.5. The van der Waals surface area contributed by atoms with Gasteiger partial charge in [-0.1, -0.05) is 0 Å². The maximum absolute atomic E-state index is 13.5. The highest BCUT2D eigenvalue weighted by Gasteiger charge is 2.18. The predicted molar refractivity (Wildman–Crippen MR) is 138 cm³/mol. The number of imidazole rings is 1. The Kier molecular flexibility index (Phi) is 6.47. The first kappa shape index (κ1) is 23.9. The molecule has 0 radical (unpaired) electrons. The van der Waals surface area contributed by atoms with Crippen molar-refractivity contribution >= 4 is 33.8 Å². The minimum Gasteiger partial charge on any atom is -0.467 e. The maximum Gasteiger partial charge on any atom is 0.316 e. The molecule has 0 unspecified atom stereocenters. The van der Waals surface area contributed by atoms with Gasteiger partial charge in [0.05, 0.1) is 42.0 Å². The molecule has 0 bridgehead atoms. The van der Waals surface area contributed by atoms with E-state index in [0.717, 1.165) is 11.4 Å². The number of rotatable bonds is 8. The summed E-state index contributed by atoms with van der Waals surface area (Å²) in [4.78, 5) is 34.6. The highest BCUT2D eigenvalue weighted by molar-refractivity contribution is 6.13. The molecule has 0 saturated heterocycles. The van der Waals surface area contributed by atoms with E-state index in [4.69, 9.17) is 15.2 Å². The molecule has 5 aromatic rings. The number of hydrogen-bond acceptors (Lipinski definition) is 10. The minimum atomic E-state index is -0.366. The van der Waals surface area contributed by atoms with Crippen molar-refractivity contribution in [1.82, 2.24) is 29.3 Å². The molecule has 0 saturated carbocycles. The molecule has 1 atom stereocenters. The fraction of sp³-hybridized carbons (Fsp3) is 0.200. The van der Waals surface area contributed by atoms with Crippen LogP contribution >= 0.6 is 0 Å². The molecule has 0 aliphatic carbocycles. The molecule has 12 nitrogen and oxygen atoms in total. The van der Waals surface area contributed by atoms with Crippen molar-refractivity contribution in [3.63, 3.8) is 0 Å². The van der Waals surface area contributed by atoms with E-state index >= 15 is 0 Å². The number of amides is 1. The molecule has 1 amide bonds. The third-order valence-electron chi connectivity index (χ3n) is 5.43. The number of carbonyl (C=O) groups is 1. The first-order chi connectivity index (χ1) is 17.9. The molecule has 37 heavy (non-hydrogen) atoms. The van der Waals surface area contributed by atoms with E-state index in [0.29, 0.717) is 45.8 Å². The van der Waals surface area contributed by atoms with Crippen LogP contribution in [0.2, 0.25) is 0 Å². The largest absolute Gasteiger partial charge is 0.467 e. The number of aromatic nitrogens is 6. The van der Waals surface area contributed by atoms with Crippen LogP contribution in [0.3, 0.4) is 0 Å². The van der Waals surface area contributed by atoms with Gasteiger partial charge in [0.25, 0.3) is 5.91 Å². The summed E-state index contributed by atoms with van der Waals surface area (Å²) in [6, 6.07) is 5.30. The number of nitrogens with two attached hydrogens (primary N) is 1. The van der Waals surface area contributed by atoms with Gasteiger partial charge in [0.1, 0.15) is 6.33 Å². The molecule has 12 heteroatoms. The van der Waals surface area contributed by atoms with Gasteiger partial charge in [-0.2, -0.15) is 4.98 Å². The lowest BCUT2D eigenvalue weighted by molar-refractivity contribution is 0.102. The smallest absolute Gasteiger partial charge is 0.316 e. The summed E-state index contributed by atoms with van der Waals surface area (Å²) in [5.41, 5.74) is 9.33. The Morgan fingerprint density at radius 1 is 1.16 bits per heavy atom. The fourth-order valence-electron chi connectivity index (χ4n) is 3.81. The molecular weight excluding hydrogens is 474 g/mol. The van der Waals surface area contributed by atoms with Crippen LogP contribution in [0.1, 0.15) is 23.0 Å². The molecule has 4 N–H and O–H groups in total. The van der Waals surface area contributed by atoms with Crippen LogP contribution in [0, 0.1) is 6.92 Å². The Labute approximate surface area is 211 Å². The maximum atomic E-state index is 13.5. The lowest BCUT2D eigenvalue weighted by Gasteiger charge is -2.15. The van der Waals surface area contributed by atoms with Crippen molar-refractivity contribution < 1.29 is 14.3 Å². The standard InChI is InChI=1S/C25H25N9O3/c1-14(26)7-29-20-5-4-18(22-19(20)10-30-25(33-22)36-3)24(35)32-16-6-21(37-17-8-27-13-28-9-17)23-31-15(2)11-34(23)12-16/h4-6,8-14,29H,7,26H2,1-3H3,(H,32,35)/t14-/m0/s1. The Morgan fingerprint density at radius 3 is 2.73 bits per heavy atom. The Balaban J connectivity index is 1.52. The zero-order valence-corrected chi connectivity index (χ0v) is 20.5. The first-order valence-electron chi connectivity index (χ1n) is 11.5. The number of nitrogens with one attached hydrogen (secondary N) is 2. The van der Waals surface area contributed by atoms with Crippen molar-refractivity contribution in [3.05, 3.63) is 66.8 Å². The Hall–Kier alpha value is -4.84. The van der Waals surface area contributed by atoms with E-state index < -0.39 is 0 Å². The van der Waals surface area contributed by atoms with Gasteiger partial charge in [-0.15, -0.1) is 0 Å². The van der Waals surface area contributed by atoms with E-state index in [9.17, 15) is 4.79 Å². The van der Waals surface area contributed by atoms with Crippen LogP contribution in [-0.2, 0) is 0 Å². The zero-order valence-electron chi connectivity index (χ0n) is 20.5. The van der Waals surface area contributed by atoms with Gasteiger partial charge >= 0.3 is 6.01 Å². The lowest BCUT2D eigenvalue weighted by atomic mass is 10.1. The summed E-state index contributed by atoms with van der Waals surface area (Å²) in [5.74, 6) is 0.512. The van der Waals surface area contributed by atoms with Crippen molar-refractivity contribution in [2.45, 2.75) is 19.9 Å². The zero-order chi connectivity index (χ0) is 25.9. The van der Waals surface area contributed by atoms with Gasteiger partial charge in [0.2, 0.25) is 0 Å². The second kappa shape index (κ2) is 10.0. The second-order valence-electron chi connectivity index (χ2n) is 8.47. The van der Waals surface area contributed by atoms with Crippen molar-refractivity contribution in [3.8, 4) is 17.5 Å². The van der Waals surface area contributed by atoms with Crippen molar-refractivity contribution in [1.29, 1.82) is 0 Å². The van der Waals surface area contributed by atoms with Gasteiger partial charge in [0.15, 0.2) is 17.1 Å². The highest BCUT2D eigenvalue weighted by Crippen LogP contribution is 2.30. The van der Waals surface area contributed by atoms with E-state index in [2.05, 4.69) is 35.6 Å². The number of ether oxygens (including phenoxy) is 2. The topological polar surface area (TPSA) is 154 Å². The molecule has 0 spiro atoms. The van der Waals surface area contributed by atoms with Crippen molar-refractivity contribution in [2.75, 3.05) is 24.3 Å². The third kappa shape index (κ3) is 5.09. The van der Waals surface area contributed by atoms with Crippen molar-refractivity contribution in [2.24, 2.45) is 5.73 Å². The SMILES string of the molecule is COc1ncc2c(NC[C@H](C)N)ccc(C(=O)Nc3cc(Oc4cncnc4)c4nc(C)cn4c3)c2n1. The van der Waals surface area contributed by atoms with Gasteiger partial charge in [-0.05, 0) is 26.0 Å². The van der Waals surface area contributed by atoms with Crippen LogP contribution in [0.4, 0.5) is 11.4 Å². The lowest BCUT2D eigenvalue weighted by Crippen LogP contribution is -2.25. The predicted octanol–water partition coefficient (Wildman–Crippen LogP) is 3.19. The van der Waals surface area contributed by atoms with Gasteiger partial charge < -0.3 is 30.2 Å². The molecule has 5 rings (SSSR count). The number of hydrogen-bond donors (Lipinski definition) is 3. The van der Waals surface area contributed by atoms with Gasteiger partial charge in [-0.25, -0.2) is 19.9 Å². The van der Waals surface area contributed by atoms with Gasteiger partial charge in [-0.3, -0.25) is 4.79 Å². The minimum absolute atomic E-state index is 0.0576. The van der Waals surface area contributed by atoms with E-state index in [1.165, 1.54) is 13.4 Å². The molecule has 1 aromatic carbocycles. The van der Waals surface area contributed by atoms with Crippen LogP contribution in [0.25, 0.3) is 16.6 Å². The molecule has 0 fully saturated rings. The Bertz CT molecular complexity index is 1590. The molecule has 0 aliphatic rings. The number of pyridine rings is 1. The van der Waals surface area contributed by atoms with Crippen LogP contribution in [0.5, 0.6) is 17.5 Å². The van der Waals surface area contributed by atoms with E-state index in [-0.39, 0.29) is 18.0 Å². The summed E-state index contributed by atoms with van der Waals surface area (Å²) < 4.78 is 13.0. The molecule has 4 aromatic heterocycles. The molecule has 4 heterocycles. The highest BCUT2D eigenvalue weighted by atomic mass is 16.5. The summed E-state index contributed by atoms with van der Waals surface area (Å²) in [5, 5.41) is 6.89. The monoisotopic (exact) mass is 499 g/mol. The number of anilines is 2. The third-order valence-corrected chi connectivity index (χ3v) is 5.43. The number of nitrogens with zero attached hydrogens (tertiary/aromatic N) is 6. The normalized spacial score (nSPS) is 11.9. The fourth-order valence-corrected chi connectivity index (χ4v) is 3.81. The number of methoxy groups -OCH3 is 1. The summed E-state index contributed by atoms with van der Waals surface area (Å²) in [6.07, 6.45) is 9.73.